The van der Waals surface area contributed by atoms with Crippen molar-refractivity contribution >= 4 is 29.2 Å². The van der Waals surface area contributed by atoms with E-state index in [1.54, 1.807) is 13.2 Å². The number of amides is 2. The lowest BCUT2D eigenvalue weighted by Gasteiger charge is -2.47. The minimum Gasteiger partial charge on any atom is -0.495 e. The molecule has 0 radical (unpaired) electrons. The van der Waals surface area contributed by atoms with Gasteiger partial charge in [-0.1, -0.05) is 43.1 Å². The van der Waals surface area contributed by atoms with Crippen LogP contribution in [-0.2, 0) is 0 Å². The summed E-state index contributed by atoms with van der Waals surface area (Å²) >= 11 is 12.6. The molecule has 1 aliphatic rings. The fourth-order valence-corrected chi connectivity index (χ4v) is 4.45. The van der Waals surface area contributed by atoms with Crippen LogP contribution in [0.2, 0.25) is 10.0 Å². The van der Waals surface area contributed by atoms with Crippen molar-refractivity contribution < 1.29 is 9.53 Å². The lowest BCUT2D eigenvalue weighted by molar-refractivity contribution is 0.0446. The topological polar surface area (TPSA) is 44.8 Å². The van der Waals surface area contributed by atoms with E-state index in [2.05, 4.69) is 31.1 Å². The Labute approximate surface area is 166 Å². The molecule has 1 saturated heterocycles. The maximum atomic E-state index is 12.8. The first-order valence-electron chi connectivity index (χ1n) is 8.82. The third kappa shape index (κ3) is 4.38. The Balaban J connectivity index is 2.10. The lowest BCUT2D eigenvalue weighted by atomic mass is 9.78. The Morgan fingerprint density at radius 3 is 2.62 bits per heavy atom. The van der Waals surface area contributed by atoms with E-state index < -0.39 is 0 Å². The summed E-state index contributed by atoms with van der Waals surface area (Å²) in [6.07, 6.45) is 0.955. The molecular weight excluding hydrogens is 373 g/mol. The van der Waals surface area contributed by atoms with Gasteiger partial charge >= 0.3 is 6.03 Å². The van der Waals surface area contributed by atoms with E-state index in [9.17, 15) is 4.79 Å². The van der Waals surface area contributed by atoms with E-state index >= 15 is 0 Å². The summed E-state index contributed by atoms with van der Waals surface area (Å²) in [6.45, 7) is 8.27. The molecule has 2 atom stereocenters. The van der Waals surface area contributed by atoms with Crippen LogP contribution in [0.1, 0.15) is 38.8 Å². The number of nitrogens with one attached hydrogen (secondary N) is 1. The van der Waals surface area contributed by atoms with Crippen molar-refractivity contribution in [3.8, 4) is 5.75 Å². The van der Waals surface area contributed by atoms with E-state index in [-0.39, 0.29) is 23.5 Å². The first-order valence-corrected chi connectivity index (χ1v) is 9.57. The monoisotopic (exact) mass is 401 g/mol. The summed E-state index contributed by atoms with van der Waals surface area (Å²) in [4.78, 5) is 16.9. The highest BCUT2D eigenvalue weighted by atomic mass is 35.5. The van der Waals surface area contributed by atoms with Crippen molar-refractivity contribution in [1.29, 1.82) is 0 Å². The minimum atomic E-state index is -0.268. The molecule has 2 amide bonds. The molecule has 0 saturated carbocycles. The first kappa shape index (κ1) is 21.1. The van der Waals surface area contributed by atoms with Crippen LogP contribution < -0.4 is 10.1 Å². The number of ether oxygens (including phenoxy) is 1. The van der Waals surface area contributed by atoms with Crippen LogP contribution in [0, 0.1) is 5.41 Å². The zero-order chi connectivity index (χ0) is 19.6. The minimum absolute atomic E-state index is 0.0311. The standard InChI is InChI=1S/C19H29Cl2N3O2/c1-12(13-7-8-14(26-6)17(21)16(13)20)22-18(25)24(5)15-9-10-23(4)11-19(15,2)3/h7-8,12,15H,9-11H2,1-6H3,(H,22,25)/t12-,15?/m1/s1. The number of likely N-dealkylation sites (tertiary alicyclic amines) is 1. The van der Waals surface area contributed by atoms with Crippen LogP contribution in [0.25, 0.3) is 0 Å². The third-order valence-electron chi connectivity index (χ3n) is 5.25. The number of hydrogen-bond donors (Lipinski definition) is 1. The Hall–Kier alpha value is -1.17. The number of benzene rings is 1. The maximum absolute atomic E-state index is 12.8. The zero-order valence-electron chi connectivity index (χ0n) is 16.4. The van der Waals surface area contributed by atoms with Gasteiger partial charge in [-0.2, -0.15) is 0 Å². The number of nitrogens with zero attached hydrogens (tertiary/aromatic N) is 2. The molecule has 0 aliphatic carbocycles. The van der Waals surface area contributed by atoms with Gasteiger partial charge < -0.3 is 19.9 Å². The fourth-order valence-electron chi connectivity index (χ4n) is 3.88. The lowest BCUT2D eigenvalue weighted by Crippen LogP contribution is -2.57. The Kier molecular flexibility index (Phi) is 6.70. The predicted molar refractivity (Wildman–Crippen MR) is 107 cm³/mol. The summed E-state index contributed by atoms with van der Waals surface area (Å²) in [5.41, 5.74) is 0.797. The number of halogens is 2. The van der Waals surface area contributed by atoms with Gasteiger partial charge in [0, 0.05) is 19.6 Å². The highest BCUT2D eigenvalue weighted by Crippen LogP contribution is 2.37. The van der Waals surface area contributed by atoms with Gasteiger partial charge in [0.05, 0.1) is 18.2 Å². The van der Waals surface area contributed by atoms with E-state index in [0.717, 1.165) is 25.1 Å². The first-order chi connectivity index (χ1) is 12.1. The quantitative estimate of drug-likeness (QED) is 0.810. The molecule has 1 aromatic rings. The molecule has 1 heterocycles. The van der Waals surface area contributed by atoms with Gasteiger partial charge in [0.2, 0.25) is 0 Å². The second-order valence-corrected chi connectivity index (χ2v) is 8.55. The van der Waals surface area contributed by atoms with Crippen LogP contribution in [-0.4, -0.2) is 56.2 Å². The number of piperidine rings is 1. The van der Waals surface area contributed by atoms with Gasteiger partial charge in [-0.15, -0.1) is 0 Å². The van der Waals surface area contributed by atoms with Crippen molar-refractivity contribution in [2.45, 2.75) is 39.3 Å². The summed E-state index contributed by atoms with van der Waals surface area (Å²) in [5.74, 6) is 0.518. The molecule has 1 aliphatic heterocycles. The van der Waals surface area contributed by atoms with Gasteiger partial charge in [0.25, 0.3) is 0 Å². The fraction of sp³-hybridized carbons (Fsp3) is 0.632. The smallest absolute Gasteiger partial charge is 0.317 e. The SMILES string of the molecule is COc1ccc([C@@H](C)NC(=O)N(C)C2CCN(C)CC2(C)C)c(Cl)c1Cl. The number of carbonyl (C=O) groups is 1. The molecule has 7 heteroatoms. The summed E-state index contributed by atoms with van der Waals surface area (Å²) in [5, 5.41) is 3.80. The molecule has 1 unspecified atom stereocenters. The molecule has 1 aromatic carbocycles. The Bertz CT molecular complexity index is 666. The summed E-state index contributed by atoms with van der Waals surface area (Å²) in [7, 11) is 5.53. The zero-order valence-corrected chi connectivity index (χ0v) is 17.9. The average molecular weight is 402 g/mol. The molecule has 1 N–H and O–H groups in total. The van der Waals surface area contributed by atoms with Crippen molar-refractivity contribution in [2.75, 3.05) is 34.3 Å². The second-order valence-electron chi connectivity index (χ2n) is 7.80. The molecular formula is C19H29Cl2N3O2. The normalized spacial score (nSPS) is 21.2. The Morgan fingerprint density at radius 2 is 2.04 bits per heavy atom. The van der Waals surface area contributed by atoms with Crippen LogP contribution in [0.3, 0.4) is 0 Å². The van der Waals surface area contributed by atoms with E-state index in [1.807, 2.05) is 24.9 Å². The molecule has 0 bridgehead atoms. The van der Waals surface area contributed by atoms with Crippen molar-refractivity contribution in [1.82, 2.24) is 15.1 Å². The van der Waals surface area contributed by atoms with Gasteiger partial charge in [-0.05, 0) is 44.0 Å². The number of urea groups is 1. The molecule has 1 fully saturated rings. The molecule has 0 spiro atoms. The van der Waals surface area contributed by atoms with Crippen LogP contribution in [0.4, 0.5) is 4.79 Å². The number of hydrogen-bond acceptors (Lipinski definition) is 3. The number of carbonyl (C=O) groups excluding carboxylic acids is 1. The van der Waals surface area contributed by atoms with E-state index in [4.69, 9.17) is 27.9 Å². The number of methoxy groups -OCH3 is 1. The summed E-state index contributed by atoms with van der Waals surface area (Å²) < 4.78 is 5.17. The third-order valence-corrected chi connectivity index (χ3v) is 6.13. The average Bonchev–Trinajstić information content (AvgIpc) is 2.55. The van der Waals surface area contributed by atoms with Gasteiger partial charge in [0.1, 0.15) is 10.8 Å². The Morgan fingerprint density at radius 1 is 1.38 bits per heavy atom. The van der Waals surface area contributed by atoms with Crippen molar-refractivity contribution in [3.05, 3.63) is 27.7 Å². The largest absolute Gasteiger partial charge is 0.495 e. The van der Waals surface area contributed by atoms with Crippen molar-refractivity contribution in [3.63, 3.8) is 0 Å². The molecule has 5 nitrogen and oxygen atoms in total. The predicted octanol–water partition coefficient (Wildman–Crippen LogP) is 4.43. The van der Waals surface area contributed by atoms with Gasteiger partial charge in [-0.3, -0.25) is 0 Å². The molecule has 2 rings (SSSR count). The van der Waals surface area contributed by atoms with Crippen LogP contribution in [0.5, 0.6) is 5.75 Å². The van der Waals surface area contributed by atoms with E-state index in [1.165, 1.54) is 0 Å². The second kappa shape index (κ2) is 8.24. The van der Waals surface area contributed by atoms with Crippen LogP contribution >= 0.6 is 23.2 Å². The van der Waals surface area contributed by atoms with Crippen molar-refractivity contribution in [2.24, 2.45) is 5.41 Å². The van der Waals surface area contributed by atoms with Crippen LogP contribution in [0.15, 0.2) is 12.1 Å². The van der Waals surface area contributed by atoms with Gasteiger partial charge in [-0.25, -0.2) is 4.79 Å². The van der Waals surface area contributed by atoms with E-state index in [0.29, 0.717) is 15.8 Å². The van der Waals surface area contributed by atoms with Gasteiger partial charge in [0.15, 0.2) is 0 Å². The maximum Gasteiger partial charge on any atom is 0.317 e. The number of rotatable bonds is 4. The highest BCUT2D eigenvalue weighted by molar-refractivity contribution is 6.43. The molecule has 0 aromatic heterocycles. The highest BCUT2D eigenvalue weighted by Gasteiger charge is 2.39. The summed E-state index contributed by atoms with van der Waals surface area (Å²) in [6, 6.07) is 3.40. The molecule has 26 heavy (non-hydrogen) atoms. The molecule has 146 valence electrons.